The number of aryl methyl sites for hydroxylation is 2. The highest BCUT2D eigenvalue weighted by atomic mass is 16.3. The average Bonchev–Trinajstić information content (AvgIpc) is 2.95. The monoisotopic (exact) mass is 262 g/mol. The molecule has 2 rings (SSSR count). The molecule has 0 bridgehead atoms. The Bertz CT molecular complexity index is 415. The van der Waals surface area contributed by atoms with Gasteiger partial charge in [0.2, 0.25) is 0 Å². The van der Waals surface area contributed by atoms with E-state index in [-0.39, 0.29) is 18.6 Å². The molecule has 0 aromatic heterocycles. The largest absolute Gasteiger partial charge is 0.396 e. The molecule has 0 saturated heterocycles. The molecule has 2 heteroatoms. The molecule has 106 valence electrons. The Morgan fingerprint density at radius 3 is 2.21 bits per heavy atom. The molecule has 0 atom stereocenters. The Morgan fingerprint density at radius 1 is 1.05 bits per heavy atom. The average molecular weight is 262 g/mol. The van der Waals surface area contributed by atoms with Crippen LogP contribution in [-0.4, -0.2) is 23.4 Å². The Balaban J connectivity index is 2.21. The van der Waals surface area contributed by atoms with Gasteiger partial charge in [0.25, 0.3) is 0 Å². The van der Waals surface area contributed by atoms with Crippen LogP contribution in [0.25, 0.3) is 0 Å². The standard InChI is InChI=1S/C17H26O2/c1-13-7-8-15(9-14(13)2)10-17(11-18,12-19)16-5-3-4-6-16/h7-9,16,18-19H,3-6,10-12H2,1-2H3. The molecular weight excluding hydrogens is 236 g/mol. The lowest BCUT2D eigenvalue weighted by Crippen LogP contribution is -2.39. The minimum Gasteiger partial charge on any atom is -0.396 e. The van der Waals surface area contributed by atoms with Crippen LogP contribution in [-0.2, 0) is 6.42 Å². The molecule has 2 nitrogen and oxygen atoms in total. The van der Waals surface area contributed by atoms with E-state index < -0.39 is 0 Å². The van der Waals surface area contributed by atoms with E-state index >= 15 is 0 Å². The van der Waals surface area contributed by atoms with Crippen molar-refractivity contribution in [3.05, 3.63) is 34.9 Å². The Morgan fingerprint density at radius 2 is 1.68 bits per heavy atom. The van der Waals surface area contributed by atoms with Gasteiger partial charge in [-0.05, 0) is 55.7 Å². The predicted molar refractivity (Wildman–Crippen MR) is 78.2 cm³/mol. The maximum absolute atomic E-state index is 9.86. The van der Waals surface area contributed by atoms with Crippen molar-refractivity contribution in [1.82, 2.24) is 0 Å². The first-order valence-corrected chi connectivity index (χ1v) is 7.39. The van der Waals surface area contributed by atoms with Gasteiger partial charge >= 0.3 is 0 Å². The Kier molecular flexibility index (Phi) is 4.64. The number of hydrogen-bond acceptors (Lipinski definition) is 2. The molecule has 0 radical (unpaired) electrons. The minimum absolute atomic E-state index is 0.0844. The van der Waals surface area contributed by atoms with E-state index in [0.29, 0.717) is 5.92 Å². The second-order valence-electron chi connectivity index (χ2n) is 6.26. The van der Waals surface area contributed by atoms with Gasteiger partial charge in [-0.25, -0.2) is 0 Å². The van der Waals surface area contributed by atoms with Crippen LogP contribution in [0, 0.1) is 25.2 Å². The number of aliphatic hydroxyl groups is 2. The van der Waals surface area contributed by atoms with Gasteiger partial charge in [0.05, 0.1) is 13.2 Å². The lowest BCUT2D eigenvalue weighted by Gasteiger charge is -2.36. The molecule has 0 aliphatic heterocycles. The van der Waals surface area contributed by atoms with Crippen molar-refractivity contribution in [3.63, 3.8) is 0 Å². The van der Waals surface area contributed by atoms with Crippen LogP contribution in [0.2, 0.25) is 0 Å². The van der Waals surface area contributed by atoms with E-state index in [2.05, 4.69) is 32.0 Å². The fraction of sp³-hybridized carbons (Fsp3) is 0.647. The van der Waals surface area contributed by atoms with Crippen LogP contribution in [0.15, 0.2) is 18.2 Å². The molecule has 1 aliphatic carbocycles. The third-order valence-electron chi connectivity index (χ3n) is 4.98. The van der Waals surface area contributed by atoms with Crippen molar-refractivity contribution in [1.29, 1.82) is 0 Å². The van der Waals surface area contributed by atoms with E-state index in [9.17, 15) is 10.2 Å². The van der Waals surface area contributed by atoms with Crippen LogP contribution >= 0.6 is 0 Å². The zero-order valence-electron chi connectivity index (χ0n) is 12.2. The Hall–Kier alpha value is -0.860. The SMILES string of the molecule is Cc1ccc(CC(CO)(CO)C2CCCC2)cc1C. The highest BCUT2D eigenvalue weighted by Crippen LogP contribution is 2.42. The van der Waals surface area contributed by atoms with Gasteiger partial charge in [-0.3, -0.25) is 0 Å². The Labute approximate surface area is 116 Å². The van der Waals surface area contributed by atoms with Crippen LogP contribution in [0.1, 0.15) is 42.4 Å². The topological polar surface area (TPSA) is 40.5 Å². The number of benzene rings is 1. The highest BCUT2D eigenvalue weighted by molar-refractivity contribution is 5.30. The fourth-order valence-electron chi connectivity index (χ4n) is 3.42. The molecule has 0 amide bonds. The van der Waals surface area contributed by atoms with Crippen LogP contribution in [0.3, 0.4) is 0 Å². The van der Waals surface area contributed by atoms with Gasteiger partial charge in [-0.2, -0.15) is 0 Å². The summed E-state index contributed by atoms with van der Waals surface area (Å²) < 4.78 is 0. The van der Waals surface area contributed by atoms with Crippen molar-refractivity contribution in [2.45, 2.75) is 46.0 Å². The van der Waals surface area contributed by atoms with Gasteiger partial charge in [0.1, 0.15) is 0 Å². The van der Waals surface area contributed by atoms with Crippen molar-refractivity contribution >= 4 is 0 Å². The van der Waals surface area contributed by atoms with Gasteiger partial charge in [0.15, 0.2) is 0 Å². The first-order chi connectivity index (χ1) is 9.11. The quantitative estimate of drug-likeness (QED) is 0.856. The zero-order valence-corrected chi connectivity index (χ0v) is 12.2. The number of rotatable bonds is 5. The lowest BCUT2D eigenvalue weighted by molar-refractivity contribution is 0.00569. The third-order valence-corrected chi connectivity index (χ3v) is 4.98. The second-order valence-corrected chi connectivity index (χ2v) is 6.26. The summed E-state index contributed by atoms with van der Waals surface area (Å²) in [6.45, 7) is 4.40. The van der Waals surface area contributed by atoms with Crippen LogP contribution < -0.4 is 0 Å². The van der Waals surface area contributed by atoms with Gasteiger partial charge in [0, 0.05) is 5.41 Å². The van der Waals surface area contributed by atoms with Crippen molar-refractivity contribution in [3.8, 4) is 0 Å². The van der Waals surface area contributed by atoms with Gasteiger partial charge < -0.3 is 10.2 Å². The molecule has 1 aliphatic rings. The summed E-state index contributed by atoms with van der Waals surface area (Å²) in [5, 5.41) is 19.7. The van der Waals surface area contributed by atoms with Gasteiger partial charge in [-0.15, -0.1) is 0 Å². The summed E-state index contributed by atoms with van der Waals surface area (Å²) in [6.07, 6.45) is 5.54. The maximum atomic E-state index is 9.86. The summed E-state index contributed by atoms with van der Waals surface area (Å²) >= 11 is 0. The van der Waals surface area contributed by atoms with E-state index in [0.717, 1.165) is 19.3 Å². The molecule has 1 aromatic rings. The zero-order chi connectivity index (χ0) is 13.9. The molecule has 1 saturated carbocycles. The third kappa shape index (κ3) is 3.01. The van der Waals surface area contributed by atoms with Crippen LogP contribution in [0.5, 0.6) is 0 Å². The van der Waals surface area contributed by atoms with E-state index in [1.807, 2.05) is 0 Å². The van der Waals surface area contributed by atoms with E-state index in [1.54, 1.807) is 0 Å². The molecule has 1 aromatic carbocycles. The lowest BCUT2D eigenvalue weighted by atomic mass is 9.71. The summed E-state index contributed by atoms with van der Waals surface area (Å²) in [6, 6.07) is 6.47. The first kappa shape index (κ1) is 14.5. The number of hydrogen-bond donors (Lipinski definition) is 2. The molecule has 2 N–H and O–H groups in total. The molecule has 1 fully saturated rings. The summed E-state index contributed by atoms with van der Waals surface area (Å²) in [5.74, 6) is 0.462. The first-order valence-electron chi connectivity index (χ1n) is 7.39. The molecular formula is C17H26O2. The van der Waals surface area contributed by atoms with E-state index in [1.165, 1.54) is 29.5 Å². The fourth-order valence-corrected chi connectivity index (χ4v) is 3.42. The van der Waals surface area contributed by atoms with Crippen molar-refractivity contribution < 1.29 is 10.2 Å². The van der Waals surface area contributed by atoms with Crippen molar-refractivity contribution in [2.75, 3.05) is 13.2 Å². The molecule has 0 heterocycles. The maximum Gasteiger partial charge on any atom is 0.0515 e. The predicted octanol–water partition coefficient (Wildman–Crippen LogP) is 3.01. The summed E-state index contributed by atoms with van der Waals surface area (Å²) in [4.78, 5) is 0. The highest BCUT2D eigenvalue weighted by Gasteiger charge is 2.39. The molecule has 19 heavy (non-hydrogen) atoms. The number of aliphatic hydroxyl groups excluding tert-OH is 2. The van der Waals surface area contributed by atoms with Crippen LogP contribution in [0.4, 0.5) is 0 Å². The van der Waals surface area contributed by atoms with Gasteiger partial charge in [-0.1, -0.05) is 31.0 Å². The smallest absolute Gasteiger partial charge is 0.0515 e. The molecule has 0 spiro atoms. The minimum atomic E-state index is -0.335. The normalized spacial score (nSPS) is 17.1. The van der Waals surface area contributed by atoms with Crippen molar-refractivity contribution in [2.24, 2.45) is 11.3 Å². The second kappa shape index (κ2) is 6.06. The summed E-state index contributed by atoms with van der Waals surface area (Å²) in [7, 11) is 0. The molecule has 0 unspecified atom stereocenters. The van der Waals surface area contributed by atoms with E-state index in [4.69, 9.17) is 0 Å². The summed E-state index contributed by atoms with van der Waals surface area (Å²) in [5.41, 5.74) is 3.48.